The van der Waals surface area contributed by atoms with Crippen LogP contribution in [0, 0.1) is 15.9 Å². The molecule has 160 valence electrons. The van der Waals surface area contributed by atoms with Gasteiger partial charge in [0.1, 0.15) is 11.6 Å². The summed E-state index contributed by atoms with van der Waals surface area (Å²) >= 11 is 0. The molecule has 1 fully saturated rings. The lowest BCUT2D eigenvalue weighted by Gasteiger charge is -2.25. The largest absolute Gasteiger partial charge is 0.507 e. The van der Waals surface area contributed by atoms with Crippen molar-refractivity contribution in [3.8, 4) is 0 Å². The number of nitro groups is 1. The van der Waals surface area contributed by atoms with E-state index in [1.807, 2.05) is 0 Å². The Bertz CT molecular complexity index is 1240. The Balaban J connectivity index is 1.89. The molecule has 1 N–H and O–H groups in total. The van der Waals surface area contributed by atoms with E-state index in [9.17, 15) is 29.2 Å². The van der Waals surface area contributed by atoms with Crippen molar-refractivity contribution in [1.82, 2.24) is 9.88 Å². The zero-order valence-electron chi connectivity index (χ0n) is 16.5. The number of aliphatic hydroxyl groups excluding tert-OH is 1. The number of nitro benzene ring substituents is 1. The van der Waals surface area contributed by atoms with Gasteiger partial charge in [-0.1, -0.05) is 18.2 Å². The summed E-state index contributed by atoms with van der Waals surface area (Å²) in [5.41, 5.74) is 0.598. The minimum absolute atomic E-state index is 0.00797. The van der Waals surface area contributed by atoms with Gasteiger partial charge in [-0.05, 0) is 41.5 Å². The smallest absolute Gasteiger partial charge is 0.295 e. The van der Waals surface area contributed by atoms with Crippen molar-refractivity contribution in [2.45, 2.75) is 12.6 Å². The summed E-state index contributed by atoms with van der Waals surface area (Å²) in [5.74, 6) is -2.83. The Hall–Kier alpha value is -4.40. The van der Waals surface area contributed by atoms with Crippen LogP contribution < -0.4 is 0 Å². The summed E-state index contributed by atoms with van der Waals surface area (Å²) in [4.78, 5) is 41.8. The maximum absolute atomic E-state index is 13.3. The molecule has 9 heteroatoms. The summed E-state index contributed by atoms with van der Waals surface area (Å²) in [6, 6.07) is 12.6. The zero-order chi connectivity index (χ0) is 22.8. The van der Waals surface area contributed by atoms with Gasteiger partial charge in [-0.25, -0.2) is 4.39 Å². The van der Waals surface area contributed by atoms with Gasteiger partial charge in [-0.2, -0.15) is 0 Å². The molecule has 3 aromatic rings. The average Bonchev–Trinajstić information content (AvgIpc) is 3.05. The van der Waals surface area contributed by atoms with Gasteiger partial charge in [0.2, 0.25) is 0 Å². The number of hydrogen-bond donors (Lipinski definition) is 1. The van der Waals surface area contributed by atoms with Crippen molar-refractivity contribution in [2.24, 2.45) is 0 Å². The third-order valence-corrected chi connectivity index (χ3v) is 5.13. The summed E-state index contributed by atoms with van der Waals surface area (Å²) in [6.07, 6.45) is 3.09. The number of rotatable bonds is 5. The lowest BCUT2D eigenvalue weighted by atomic mass is 9.95. The van der Waals surface area contributed by atoms with Crippen LogP contribution in [0.3, 0.4) is 0 Å². The Labute approximate surface area is 181 Å². The summed E-state index contributed by atoms with van der Waals surface area (Å²) < 4.78 is 13.3. The SMILES string of the molecule is O=C1C(=O)N(Cc2cccnc2)C(c2cccc([N+](=O)[O-])c2)/C1=C(\O)c1ccc(F)cc1. The van der Waals surface area contributed by atoms with Crippen LogP contribution in [-0.4, -0.2) is 31.6 Å². The van der Waals surface area contributed by atoms with Crippen molar-refractivity contribution in [3.05, 3.63) is 111 Å². The van der Waals surface area contributed by atoms with Crippen LogP contribution in [0.15, 0.2) is 78.6 Å². The van der Waals surface area contributed by atoms with Crippen molar-refractivity contribution in [3.63, 3.8) is 0 Å². The molecule has 0 radical (unpaired) electrons. The molecule has 2 heterocycles. The number of nitrogens with zero attached hydrogens (tertiary/aromatic N) is 3. The molecule has 0 saturated carbocycles. The molecule has 1 saturated heterocycles. The van der Waals surface area contributed by atoms with Gasteiger partial charge in [-0.15, -0.1) is 0 Å². The number of aromatic nitrogens is 1. The maximum atomic E-state index is 13.3. The second kappa shape index (κ2) is 8.38. The minimum atomic E-state index is -1.08. The topological polar surface area (TPSA) is 114 Å². The predicted octanol–water partition coefficient (Wildman–Crippen LogP) is 3.75. The van der Waals surface area contributed by atoms with Gasteiger partial charge in [0.15, 0.2) is 0 Å². The van der Waals surface area contributed by atoms with Gasteiger partial charge < -0.3 is 10.0 Å². The lowest BCUT2D eigenvalue weighted by Crippen LogP contribution is -2.29. The fourth-order valence-electron chi connectivity index (χ4n) is 3.65. The predicted molar refractivity (Wildman–Crippen MR) is 112 cm³/mol. The standard InChI is InChI=1S/C23H16FN3O5/c24-17-8-6-15(7-9-17)21(28)19-20(16-4-1-5-18(11-16)27(31)32)26(23(30)22(19)29)13-14-3-2-10-25-12-14/h1-12,20,28H,13H2/b21-19+. The highest BCUT2D eigenvalue weighted by molar-refractivity contribution is 6.46. The van der Waals surface area contributed by atoms with Crippen LogP contribution >= 0.6 is 0 Å². The molecule has 1 atom stereocenters. The van der Waals surface area contributed by atoms with E-state index >= 15 is 0 Å². The molecule has 1 amide bonds. The van der Waals surface area contributed by atoms with Crippen molar-refractivity contribution in [1.29, 1.82) is 0 Å². The van der Waals surface area contributed by atoms with E-state index < -0.39 is 34.2 Å². The number of Topliss-reactive ketones (excluding diaryl/α,β-unsaturated/α-hetero) is 1. The summed E-state index contributed by atoms with van der Waals surface area (Å²) in [7, 11) is 0. The quantitative estimate of drug-likeness (QED) is 0.216. The number of amides is 1. The first kappa shape index (κ1) is 20.9. The number of halogens is 1. The second-order valence-corrected chi connectivity index (χ2v) is 7.15. The molecule has 0 aliphatic carbocycles. The Kier molecular flexibility index (Phi) is 5.46. The first-order valence-corrected chi connectivity index (χ1v) is 9.54. The van der Waals surface area contributed by atoms with Crippen molar-refractivity contribution < 1.29 is 24.0 Å². The molecular formula is C23H16FN3O5. The van der Waals surface area contributed by atoms with Crippen LogP contribution in [0.1, 0.15) is 22.7 Å². The third kappa shape index (κ3) is 3.83. The maximum Gasteiger partial charge on any atom is 0.295 e. The molecule has 0 spiro atoms. The molecule has 4 rings (SSSR count). The van der Waals surface area contributed by atoms with Gasteiger partial charge in [0.25, 0.3) is 17.4 Å². The van der Waals surface area contributed by atoms with Crippen molar-refractivity contribution in [2.75, 3.05) is 0 Å². The number of likely N-dealkylation sites (tertiary alicyclic amines) is 1. The minimum Gasteiger partial charge on any atom is -0.507 e. The number of pyridine rings is 1. The molecular weight excluding hydrogens is 417 g/mol. The number of benzene rings is 2. The van der Waals surface area contributed by atoms with E-state index in [4.69, 9.17) is 0 Å². The van der Waals surface area contributed by atoms with E-state index in [1.54, 1.807) is 18.3 Å². The number of carbonyl (C=O) groups excluding carboxylic acids is 2. The highest BCUT2D eigenvalue weighted by atomic mass is 19.1. The summed E-state index contributed by atoms with van der Waals surface area (Å²) in [6.45, 7) is -0.00797. The van der Waals surface area contributed by atoms with Crippen LogP contribution in [0.4, 0.5) is 10.1 Å². The number of carbonyl (C=O) groups is 2. The molecule has 1 aliphatic heterocycles. The summed E-state index contributed by atoms with van der Waals surface area (Å²) in [5, 5.41) is 22.2. The third-order valence-electron chi connectivity index (χ3n) is 5.13. The van der Waals surface area contributed by atoms with Crippen LogP contribution in [0.25, 0.3) is 5.76 Å². The first-order chi connectivity index (χ1) is 15.4. The molecule has 1 aromatic heterocycles. The van der Waals surface area contributed by atoms with Crippen molar-refractivity contribution >= 4 is 23.1 Å². The van der Waals surface area contributed by atoms with Gasteiger partial charge in [-0.3, -0.25) is 24.7 Å². The van der Waals surface area contributed by atoms with E-state index in [-0.39, 0.29) is 28.9 Å². The Morgan fingerprint density at radius 2 is 1.88 bits per heavy atom. The van der Waals surface area contributed by atoms with E-state index in [1.165, 1.54) is 47.5 Å². The molecule has 0 bridgehead atoms. The van der Waals surface area contributed by atoms with Crippen LogP contribution in [-0.2, 0) is 16.1 Å². The Morgan fingerprint density at radius 1 is 1.12 bits per heavy atom. The lowest BCUT2D eigenvalue weighted by molar-refractivity contribution is -0.384. The highest BCUT2D eigenvalue weighted by Gasteiger charge is 2.46. The monoisotopic (exact) mass is 433 g/mol. The molecule has 1 unspecified atom stereocenters. The van der Waals surface area contributed by atoms with Crippen LogP contribution in [0.2, 0.25) is 0 Å². The first-order valence-electron chi connectivity index (χ1n) is 9.54. The van der Waals surface area contributed by atoms with E-state index in [0.717, 1.165) is 12.1 Å². The number of ketones is 1. The van der Waals surface area contributed by atoms with Gasteiger partial charge >= 0.3 is 0 Å². The van der Waals surface area contributed by atoms with E-state index in [0.29, 0.717) is 5.56 Å². The normalized spacial score (nSPS) is 17.5. The zero-order valence-corrected chi connectivity index (χ0v) is 16.5. The van der Waals surface area contributed by atoms with Crippen LogP contribution in [0.5, 0.6) is 0 Å². The number of non-ortho nitro benzene ring substituents is 1. The van der Waals surface area contributed by atoms with E-state index in [2.05, 4.69) is 4.98 Å². The molecule has 8 nitrogen and oxygen atoms in total. The average molecular weight is 433 g/mol. The molecule has 1 aliphatic rings. The number of aliphatic hydroxyl groups is 1. The van der Waals surface area contributed by atoms with Gasteiger partial charge in [0, 0.05) is 36.6 Å². The molecule has 32 heavy (non-hydrogen) atoms. The van der Waals surface area contributed by atoms with Gasteiger partial charge in [0.05, 0.1) is 16.5 Å². The second-order valence-electron chi connectivity index (χ2n) is 7.15. The highest BCUT2D eigenvalue weighted by Crippen LogP contribution is 2.41. The fraction of sp³-hybridized carbons (Fsp3) is 0.0870. The molecule has 2 aromatic carbocycles. The fourth-order valence-corrected chi connectivity index (χ4v) is 3.65. The Morgan fingerprint density at radius 3 is 2.53 bits per heavy atom. The number of hydrogen-bond acceptors (Lipinski definition) is 6.